The maximum Gasteiger partial charge on any atom is 0.277 e. The van der Waals surface area contributed by atoms with Crippen molar-refractivity contribution in [3.63, 3.8) is 0 Å². The van der Waals surface area contributed by atoms with Crippen molar-refractivity contribution in [1.29, 1.82) is 0 Å². The molecule has 0 spiro atoms. The molecule has 2 heterocycles. The third-order valence-electron chi connectivity index (χ3n) is 5.55. The quantitative estimate of drug-likeness (QED) is 0.351. The first-order valence-electron chi connectivity index (χ1n) is 11.2. The van der Waals surface area contributed by atoms with Crippen LogP contribution in [0.5, 0.6) is 5.75 Å². The zero-order chi connectivity index (χ0) is 25.2. The van der Waals surface area contributed by atoms with Crippen molar-refractivity contribution in [2.45, 2.75) is 46.4 Å². The van der Waals surface area contributed by atoms with E-state index in [0.717, 1.165) is 11.4 Å². The molecule has 4 rings (SSSR count). The number of halogens is 2. The molecule has 2 aromatic carbocycles. The minimum Gasteiger partial charge on any atom is -0.471 e. The molecule has 0 atom stereocenters. The number of nitrogens with one attached hydrogen (secondary N) is 1. The van der Waals surface area contributed by atoms with E-state index in [1.165, 1.54) is 16.3 Å². The molecule has 7 nitrogen and oxygen atoms in total. The monoisotopic (exact) mass is 495 g/mol. The molecule has 35 heavy (non-hydrogen) atoms. The molecule has 4 aromatic rings. The van der Waals surface area contributed by atoms with E-state index in [0.29, 0.717) is 16.4 Å². The van der Waals surface area contributed by atoms with Crippen LogP contribution in [0.4, 0.5) is 10.2 Å². The molecule has 0 saturated carbocycles. The topological polar surface area (TPSA) is 74.0 Å². The second kappa shape index (κ2) is 9.92. The predicted octanol–water partition coefficient (Wildman–Crippen LogP) is 5.82. The molecule has 0 aliphatic rings. The molecule has 0 bridgehead atoms. The molecule has 0 radical (unpaired) electrons. The third kappa shape index (κ3) is 5.89. The van der Waals surface area contributed by atoms with Crippen LogP contribution < -0.4 is 10.1 Å². The van der Waals surface area contributed by atoms with Crippen LogP contribution >= 0.6 is 11.6 Å². The number of nitrogens with zero attached hydrogens (tertiary/aromatic N) is 4. The first kappa shape index (κ1) is 24.5. The van der Waals surface area contributed by atoms with Gasteiger partial charge in [0.25, 0.3) is 5.91 Å². The smallest absolute Gasteiger partial charge is 0.277 e. The number of amides is 1. The number of carbonyl (C=O) groups excluding carboxylic acids is 1. The van der Waals surface area contributed by atoms with E-state index in [9.17, 15) is 9.18 Å². The highest BCUT2D eigenvalue weighted by atomic mass is 35.5. The Balaban J connectivity index is 1.36. The van der Waals surface area contributed by atoms with Gasteiger partial charge < -0.3 is 10.1 Å². The lowest BCUT2D eigenvalue weighted by molar-refractivity contribution is 0.101. The van der Waals surface area contributed by atoms with Crippen LogP contribution in [0.25, 0.3) is 0 Å². The maximum absolute atomic E-state index is 14.1. The van der Waals surface area contributed by atoms with Gasteiger partial charge in [-0.2, -0.15) is 10.2 Å². The Morgan fingerprint density at radius 3 is 2.54 bits per heavy atom. The maximum atomic E-state index is 14.1. The number of hydrogen-bond acceptors (Lipinski definition) is 4. The minimum atomic E-state index is -0.410. The van der Waals surface area contributed by atoms with Gasteiger partial charge in [-0.15, -0.1) is 0 Å². The number of hydrogen-bond donors (Lipinski definition) is 1. The normalized spacial score (nSPS) is 11.5. The van der Waals surface area contributed by atoms with Gasteiger partial charge in [-0.3, -0.25) is 9.48 Å². The highest BCUT2D eigenvalue weighted by Gasteiger charge is 2.16. The van der Waals surface area contributed by atoms with E-state index < -0.39 is 11.7 Å². The Morgan fingerprint density at radius 2 is 1.86 bits per heavy atom. The van der Waals surface area contributed by atoms with E-state index in [1.54, 1.807) is 35.1 Å². The van der Waals surface area contributed by atoms with E-state index in [1.807, 2.05) is 31.2 Å². The molecule has 9 heteroatoms. The molecular weight excluding hydrogens is 469 g/mol. The number of ether oxygens (including phenoxy) is 1. The van der Waals surface area contributed by atoms with Crippen molar-refractivity contribution in [3.8, 4) is 5.75 Å². The fourth-order valence-corrected chi connectivity index (χ4v) is 3.71. The van der Waals surface area contributed by atoms with Crippen LogP contribution in [0, 0.1) is 12.7 Å². The second-order valence-corrected chi connectivity index (χ2v) is 9.68. The first-order valence-corrected chi connectivity index (χ1v) is 11.5. The number of rotatable bonds is 7. The highest BCUT2D eigenvalue weighted by Crippen LogP contribution is 2.24. The summed E-state index contributed by atoms with van der Waals surface area (Å²) in [7, 11) is 0. The van der Waals surface area contributed by atoms with E-state index in [-0.39, 0.29) is 24.4 Å². The lowest BCUT2D eigenvalue weighted by Gasteiger charge is -2.19. The van der Waals surface area contributed by atoms with Crippen LogP contribution in [0.3, 0.4) is 0 Å². The standard InChI is InChI=1S/C26H27ClFN5O2/c1-17-14-24(31-33(17)15-20-21(27)6-5-7-22(20)28)29-25(34)23-12-13-32(30-23)16-35-19-10-8-18(9-11-19)26(2,3)4/h5-14H,15-16H2,1-4H3,(H,29,31,34). The van der Waals surface area contributed by atoms with E-state index >= 15 is 0 Å². The number of aromatic nitrogens is 4. The summed E-state index contributed by atoms with van der Waals surface area (Å²) >= 11 is 6.12. The van der Waals surface area contributed by atoms with E-state index in [2.05, 4.69) is 36.3 Å². The van der Waals surface area contributed by atoms with Gasteiger partial charge in [0.2, 0.25) is 0 Å². The van der Waals surface area contributed by atoms with Crippen molar-refractivity contribution in [2.75, 3.05) is 5.32 Å². The average molecular weight is 496 g/mol. The van der Waals surface area contributed by atoms with Crippen LogP contribution in [0.15, 0.2) is 60.8 Å². The molecule has 0 fully saturated rings. The summed E-state index contributed by atoms with van der Waals surface area (Å²) in [6.45, 7) is 8.60. The summed E-state index contributed by atoms with van der Waals surface area (Å²) in [4.78, 5) is 12.7. The van der Waals surface area contributed by atoms with Gasteiger partial charge in [-0.05, 0) is 48.2 Å². The molecule has 1 amide bonds. The molecule has 1 N–H and O–H groups in total. The van der Waals surface area contributed by atoms with Crippen molar-refractivity contribution >= 4 is 23.3 Å². The van der Waals surface area contributed by atoms with Crippen LogP contribution in [-0.4, -0.2) is 25.5 Å². The SMILES string of the molecule is Cc1cc(NC(=O)c2ccn(COc3ccc(C(C)(C)C)cc3)n2)nn1Cc1c(F)cccc1Cl. The van der Waals surface area contributed by atoms with Crippen LogP contribution in [0.2, 0.25) is 5.02 Å². The van der Waals surface area contributed by atoms with Crippen molar-refractivity contribution in [1.82, 2.24) is 19.6 Å². The zero-order valence-electron chi connectivity index (χ0n) is 20.0. The van der Waals surface area contributed by atoms with Crippen molar-refractivity contribution in [3.05, 3.63) is 94.1 Å². The minimum absolute atomic E-state index is 0.0714. The lowest BCUT2D eigenvalue weighted by Crippen LogP contribution is -2.15. The Kier molecular flexibility index (Phi) is 6.93. The summed E-state index contributed by atoms with van der Waals surface area (Å²) in [5, 5.41) is 11.7. The predicted molar refractivity (Wildman–Crippen MR) is 133 cm³/mol. The third-order valence-corrected chi connectivity index (χ3v) is 5.90. The molecule has 0 aliphatic heterocycles. The molecule has 2 aromatic heterocycles. The van der Waals surface area contributed by atoms with Gasteiger partial charge in [0.05, 0.1) is 6.54 Å². The second-order valence-electron chi connectivity index (χ2n) is 9.27. The summed E-state index contributed by atoms with van der Waals surface area (Å²) in [6.07, 6.45) is 1.67. The summed E-state index contributed by atoms with van der Waals surface area (Å²) in [5.74, 6) is 0.239. The Labute approximate surface area is 208 Å². The number of benzene rings is 2. The van der Waals surface area contributed by atoms with Crippen molar-refractivity contribution < 1.29 is 13.9 Å². The van der Waals surface area contributed by atoms with Crippen molar-refractivity contribution in [2.24, 2.45) is 0 Å². The van der Waals surface area contributed by atoms with Crippen LogP contribution in [0.1, 0.15) is 48.1 Å². The zero-order valence-corrected chi connectivity index (χ0v) is 20.8. The molecule has 0 unspecified atom stereocenters. The largest absolute Gasteiger partial charge is 0.471 e. The molecule has 0 saturated heterocycles. The average Bonchev–Trinajstić information content (AvgIpc) is 3.41. The highest BCUT2D eigenvalue weighted by molar-refractivity contribution is 6.31. The molecule has 0 aliphatic carbocycles. The number of carbonyl (C=O) groups is 1. The fraction of sp³-hybridized carbons (Fsp3) is 0.269. The fourth-order valence-electron chi connectivity index (χ4n) is 3.49. The Morgan fingerprint density at radius 1 is 1.11 bits per heavy atom. The van der Waals surface area contributed by atoms with Crippen LogP contribution in [-0.2, 0) is 18.7 Å². The Hall–Kier alpha value is -3.65. The van der Waals surface area contributed by atoms with Gasteiger partial charge >= 0.3 is 0 Å². The summed E-state index contributed by atoms with van der Waals surface area (Å²) in [6, 6.07) is 15.8. The number of aryl methyl sites for hydroxylation is 1. The summed E-state index contributed by atoms with van der Waals surface area (Å²) < 4.78 is 23.0. The summed E-state index contributed by atoms with van der Waals surface area (Å²) in [5.41, 5.74) is 2.60. The molecular formula is C26H27ClFN5O2. The van der Waals surface area contributed by atoms with Gasteiger partial charge in [0, 0.05) is 28.5 Å². The van der Waals surface area contributed by atoms with Gasteiger partial charge in [-0.1, -0.05) is 50.6 Å². The Bertz CT molecular complexity index is 1320. The lowest BCUT2D eigenvalue weighted by atomic mass is 9.87. The number of anilines is 1. The van der Waals surface area contributed by atoms with Gasteiger partial charge in [0.1, 0.15) is 11.6 Å². The first-order chi connectivity index (χ1) is 16.6. The van der Waals surface area contributed by atoms with E-state index in [4.69, 9.17) is 16.3 Å². The molecule has 182 valence electrons. The van der Waals surface area contributed by atoms with Gasteiger partial charge in [0.15, 0.2) is 18.2 Å². The van der Waals surface area contributed by atoms with Gasteiger partial charge in [-0.25, -0.2) is 9.07 Å².